The van der Waals surface area contributed by atoms with E-state index < -0.39 is 0 Å². The van der Waals surface area contributed by atoms with Gasteiger partial charge < -0.3 is 11.5 Å². The van der Waals surface area contributed by atoms with Crippen molar-refractivity contribution in [1.82, 2.24) is 0 Å². The molecule has 0 aliphatic heterocycles. The molecule has 0 amide bonds. The molecule has 0 aliphatic carbocycles. The highest BCUT2D eigenvalue weighted by Gasteiger charge is 2.04. The maximum atomic E-state index is 5.93. The molecule has 2 aromatic rings. The highest BCUT2D eigenvalue weighted by Crippen LogP contribution is 2.29. The summed E-state index contributed by atoms with van der Waals surface area (Å²) < 4.78 is 0. The number of halogens is 2. The van der Waals surface area contributed by atoms with E-state index in [1.165, 1.54) is 5.56 Å². The monoisotopic (exact) mass is 270 g/mol. The second kappa shape index (κ2) is 6.38. The van der Waals surface area contributed by atoms with E-state index in [-0.39, 0.29) is 24.8 Å². The maximum Gasteiger partial charge on any atom is 0.0395 e. The van der Waals surface area contributed by atoms with E-state index in [2.05, 4.69) is 19.1 Å². The number of aryl methyl sites for hydroxylation is 1. The zero-order valence-electron chi connectivity index (χ0n) is 9.51. The molecule has 0 saturated heterocycles. The minimum atomic E-state index is 0. The number of hydrogen-bond acceptors (Lipinski definition) is 2. The Morgan fingerprint density at radius 1 is 0.824 bits per heavy atom. The van der Waals surface area contributed by atoms with E-state index in [1.54, 1.807) is 0 Å². The first kappa shape index (κ1) is 15.6. The smallest absolute Gasteiger partial charge is 0.0395 e. The van der Waals surface area contributed by atoms with Gasteiger partial charge in [-0.05, 0) is 36.2 Å². The minimum Gasteiger partial charge on any atom is -0.399 e. The van der Waals surface area contributed by atoms with E-state index in [0.29, 0.717) is 0 Å². The van der Waals surface area contributed by atoms with Crippen molar-refractivity contribution in [2.24, 2.45) is 0 Å². The van der Waals surface area contributed by atoms with E-state index in [0.717, 1.165) is 22.5 Å². The molecule has 2 aromatic carbocycles. The molecule has 2 nitrogen and oxygen atoms in total. The van der Waals surface area contributed by atoms with Crippen molar-refractivity contribution in [3.8, 4) is 11.1 Å². The second-order valence-electron chi connectivity index (χ2n) is 3.66. The largest absolute Gasteiger partial charge is 0.399 e. The SMILES string of the molecule is Cc1ccccc1-c1cc(N)ccc1N.Cl.Cl. The van der Waals surface area contributed by atoms with Crippen LogP contribution in [0.4, 0.5) is 11.4 Å². The molecule has 4 heteroatoms. The average molecular weight is 271 g/mol. The normalized spacial score (nSPS) is 9.00. The average Bonchev–Trinajstić information content (AvgIpc) is 2.23. The van der Waals surface area contributed by atoms with Crippen molar-refractivity contribution in [2.75, 3.05) is 11.5 Å². The molecule has 0 radical (unpaired) electrons. The van der Waals surface area contributed by atoms with Gasteiger partial charge in [-0.15, -0.1) is 24.8 Å². The van der Waals surface area contributed by atoms with Crippen LogP contribution < -0.4 is 11.5 Å². The van der Waals surface area contributed by atoms with Crippen LogP contribution in [-0.4, -0.2) is 0 Å². The zero-order chi connectivity index (χ0) is 10.8. The van der Waals surface area contributed by atoms with Crippen LogP contribution in [0.1, 0.15) is 5.56 Å². The molecule has 0 aliphatic rings. The maximum absolute atomic E-state index is 5.93. The number of benzene rings is 2. The fourth-order valence-electron chi connectivity index (χ4n) is 1.68. The lowest BCUT2D eigenvalue weighted by molar-refractivity contribution is 1.46. The molecule has 2 rings (SSSR count). The molecule has 0 spiro atoms. The van der Waals surface area contributed by atoms with Gasteiger partial charge in [-0.3, -0.25) is 0 Å². The van der Waals surface area contributed by atoms with E-state index in [1.807, 2.05) is 30.3 Å². The summed E-state index contributed by atoms with van der Waals surface area (Å²) >= 11 is 0. The third kappa shape index (κ3) is 3.29. The Morgan fingerprint density at radius 2 is 1.47 bits per heavy atom. The van der Waals surface area contributed by atoms with Gasteiger partial charge in [0.25, 0.3) is 0 Å². The Labute approximate surface area is 114 Å². The highest BCUT2D eigenvalue weighted by atomic mass is 35.5. The molecule has 0 heterocycles. The Bertz CT molecular complexity index is 499. The summed E-state index contributed by atoms with van der Waals surface area (Å²) in [6.45, 7) is 2.07. The lowest BCUT2D eigenvalue weighted by Gasteiger charge is -2.09. The molecule has 0 atom stereocenters. The lowest BCUT2D eigenvalue weighted by Crippen LogP contribution is -1.94. The van der Waals surface area contributed by atoms with Gasteiger partial charge in [0.05, 0.1) is 0 Å². The third-order valence-electron chi connectivity index (χ3n) is 2.51. The number of hydrogen-bond donors (Lipinski definition) is 2. The van der Waals surface area contributed by atoms with Crippen molar-refractivity contribution >= 4 is 36.2 Å². The van der Waals surface area contributed by atoms with Gasteiger partial charge in [-0.1, -0.05) is 24.3 Å². The number of nitrogens with two attached hydrogens (primary N) is 2. The molecule has 0 unspecified atom stereocenters. The summed E-state index contributed by atoms with van der Waals surface area (Å²) in [6.07, 6.45) is 0. The van der Waals surface area contributed by atoms with Gasteiger partial charge in [-0.25, -0.2) is 0 Å². The first-order valence-electron chi connectivity index (χ1n) is 4.89. The van der Waals surface area contributed by atoms with Crippen molar-refractivity contribution in [3.05, 3.63) is 48.0 Å². The molecular formula is C13H16Cl2N2. The van der Waals surface area contributed by atoms with Gasteiger partial charge in [0, 0.05) is 16.9 Å². The summed E-state index contributed by atoms with van der Waals surface area (Å²) in [7, 11) is 0. The fourth-order valence-corrected chi connectivity index (χ4v) is 1.68. The Balaban J connectivity index is 0.00000128. The predicted molar refractivity (Wildman–Crippen MR) is 79.9 cm³/mol. The molecule has 0 saturated carbocycles. The number of rotatable bonds is 1. The molecular weight excluding hydrogens is 255 g/mol. The van der Waals surface area contributed by atoms with Crippen LogP contribution in [0, 0.1) is 6.92 Å². The van der Waals surface area contributed by atoms with Gasteiger partial charge >= 0.3 is 0 Å². The first-order valence-corrected chi connectivity index (χ1v) is 4.89. The van der Waals surface area contributed by atoms with E-state index in [9.17, 15) is 0 Å². The van der Waals surface area contributed by atoms with Crippen LogP contribution >= 0.6 is 24.8 Å². The third-order valence-corrected chi connectivity index (χ3v) is 2.51. The van der Waals surface area contributed by atoms with Gasteiger partial charge in [0.1, 0.15) is 0 Å². The van der Waals surface area contributed by atoms with Crippen molar-refractivity contribution in [3.63, 3.8) is 0 Å². The van der Waals surface area contributed by atoms with E-state index >= 15 is 0 Å². The van der Waals surface area contributed by atoms with Crippen LogP contribution in [0.3, 0.4) is 0 Å². The minimum absolute atomic E-state index is 0. The van der Waals surface area contributed by atoms with E-state index in [4.69, 9.17) is 11.5 Å². The summed E-state index contributed by atoms with van der Waals surface area (Å²) in [5.74, 6) is 0. The fraction of sp³-hybridized carbons (Fsp3) is 0.0769. The Hall–Kier alpha value is -1.38. The first-order chi connectivity index (χ1) is 7.18. The highest BCUT2D eigenvalue weighted by molar-refractivity contribution is 5.85. The van der Waals surface area contributed by atoms with Crippen molar-refractivity contribution < 1.29 is 0 Å². The summed E-state index contributed by atoms with van der Waals surface area (Å²) in [5, 5.41) is 0. The van der Waals surface area contributed by atoms with Crippen LogP contribution in [0.25, 0.3) is 11.1 Å². The van der Waals surface area contributed by atoms with Gasteiger partial charge in [0.2, 0.25) is 0 Å². The van der Waals surface area contributed by atoms with Crippen molar-refractivity contribution in [1.29, 1.82) is 0 Å². The second-order valence-corrected chi connectivity index (χ2v) is 3.66. The molecule has 0 bridgehead atoms. The van der Waals surface area contributed by atoms with Gasteiger partial charge in [0.15, 0.2) is 0 Å². The van der Waals surface area contributed by atoms with Crippen LogP contribution in [0.2, 0.25) is 0 Å². The van der Waals surface area contributed by atoms with Crippen LogP contribution in [0.5, 0.6) is 0 Å². The molecule has 0 aromatic heterocycles. The van der Waals surface area contributed by atoms with Gasteiger partial charge in [-0.2, -0.15) is 0 Å². The topological polar surface area (TPSA) is 52.0 Å². The summed E-state index contributed by atoms with van der Waals surface area (Å²) in [4.78, 5) is 0. The van der Waals surface area contributed by atoms with Crippen LogP contribution in [0.15, 0.2) is 42.5 Å². The summed E-state index contributed by atoms with van der Waals surface area (Å²) in [5.41, 5.74) is 16.5. The lowest BCUT2D eigenvalue weighted by atomic mass is 9.99. The molecule has 17 heavy (non-hydrogen) atoms. The Kier molecular flexibility index (Phi) is 5.86. The quantitative estimate of drug-likeness (QED) is 0.777. The molecule has 0 fully saturated rings. The number of anilines is 2. The number of nitrogen functional groups attached to an aromatic ring is 2. The molecule has 4 N–H and O–H groups in total. The van der Waals surface area contributed by atoms with Crippen molar-refractivity contribution in [2.45, 2.75) is 6.92 Å². The molecule has 92 valence electrons. The predicted octanol–water partition coefficient (Wildman–Crippen LogP) is 3.67. The Morgan fingerprint density at radius 3 is 2.12 bits per heavy atom. The zero-order valence-corrected chi connectivity index (χ0v) is 11.1. The standard InChI is InChI=1S/C13H14N2.2ClH/c1-9-4-2-3-5-11(9)12-8-10(14)6-7-13(12)15;;/h2-8H,14-15H2,1H3;2*1H. The van der Waals surface area contributed by atoms with Crippen LogP contribution in [-0.2, 0) is 0 Å². The summed E-state index contributed by atoms with van der Waals surface area (Å²) in [6, 6.07) is 13.7.